The Morgan fingerprint density at radius 1 is 1.67 bits per heavy atom. The maximum atomic E-state index is 8.93. The van der Waals surface area contributed by atoms with Crippen molar-refractivity contribution in [3.8, 4) is 0 Å². The second-order valence-electron chi connectivity index (χ2n) is 1.90. The van der Waals surface area contributed by atoms with Crippen LogP contribution in [0.15, 0.2) is 12.7 Å². The summed E-state index contributed by atoms with van der Waals surface area (Å²) in [6, 6.07) is 0. The van der Waals surface area contributed by atoms with Crippen LogP contribution >= 0.6 is 0 Å². The zero-order chi connectivity index (χ0) is 6.69. The monoisotopic (exact) mass is 130 g/mol. The van der Waals surface area contributed by atoms with Gasteiger partial charge in [0.25, 0.3) is 0 Å². The topological polar surface area (TPSA) is 38.7 Å². The SMILES string of the molecule is C=CCC1OCOC1O. The molecular weight excluding hydrogens is 120 g/mol. The van der Waals surface area contributed by atoms with Gasteiger partial charge in [0.15, 0.2) is 13.1 Å². The Kier molecular flexibility index (Phi) is 2.22. The van der Waals surface area contributed by atoms with E-state index in [2.05, 4.69) is 6.58 Å². The summed E-state index contributed by atoms with van der Waals surface area (Å²) in [4.78, 5) is 0. The van der Waals surface area contributed by atoms with Crippen molar-refractivity contribution in [1.29, 1.82) is 0 Å². The van der Waals surface area contributed by atoms with Crippen LogP contribution in [0.25, 0.3) is 0 Å². The highest BCUT2D eigenvalue weighted by molar-refractivity contribution is 4.76. The van der Waals surface area contributed by atoms with Crippen molar-refractivity contribution in [2.45, 2.75) is 18.8 Å². The minimum Gasteiger partial charge on any atom is -0.366 e. The average Bonchev–Trinajstić information content (AvgIpc) is 2.18. The van der Waals surface area contributed by atoms with E-state index in [0.29, 0.717) is 6.42 Å². The van der Waals surface area contributed by atoms with Crippen LogP contribution in [-0.4, -0.2) is 24.3 Å². The molecule has 1 saturated heterocycles. The molecule has 3 nitrogen and oxygen atoms in total. The van der Waals surface area contributed by atoms with E-state index in [1.54, 1.807) is 6.08 Å². The molecule has 0 aliphatic carbocycles. The Morgan fingerprint density at radius 3 is 2.89 bits per heavy atom. The Hall–Kier alpha value is -0.380. The summed E-state index contributed by atoms with van der Waals surface area (Å²) in [5, 5.41) is 8.93. The van der Waals surface area contributed by atoms with Gasteiger partial charge in [0.2, 0.25) is 0 Å². The predicted octanol–water partition coefficient (Wildman–Crippen LogP) is 0.254. The van der Waals surface area contributed by atoms with Gasteiger partial charge in [-0.2, -0.15) is 0 Å². The normalized spacial score (nSPS) is 34.8. The maximum Gasteiger partial charge on any atom is 0.184 e. The van der Waals surface area contributed by atoms with Crippen molar-refractivity contribution in [3.63, 3.8) is 0 Å². The largest absolute Gasteiger partial charge is 0.366 e. The zero-order valence-electron chi connectivity index (χ0n) is 5.12. The van der Waals surface area contributed by atoms with E-state index < -0.39 is 6.29 Å². The first-order chi connectivity index (χ1) is 4.34. The summed E-state index contributed by atoms with van der Waals surface area (Å²) in [5.41, 5.74) is 0. The van der Waals surface area contributed by atoms with E-state index >= 15 is 0 Å². The molecule has 0 aromatic rings. The van der Waals surface area contributed by atoms with Gasteiger partial charge in [-0.1, -0.05) is 6.08 Å². The lowest BCUT2D eigenvalue weighted by molar-refractivity contribution is -0.0671. The van der Waals surface area contributed by atoms with E-state index in [1.165, 1.54) is 0 Å². The van der Waals surface area contributed by atoms with Crippen molar-refractivity contribution >= 4 is 0 Å². The van der Waals surface area contributed by atoms with Crippen LogP contribution < -0.4 is 0 Å². The highest BCUT2D eigenvalue weighted by Crippen LogP contribution is 2.13. The minimum absolute atomic E-state index is 0.194. The first-order valence-corrected chi connectivity index (χ1v) is 2.87. The number of hydrogen-bond acceptors (Lipinski definition) is 3. The molecule has 0 aromatic heterocycles. The number of aliphatic hydroxyl groups is 1. The molecule has 1 heterocycles. The fourth-order valence-electron chi connectivity index (χ4n) is 0.735. The molecule has 2 unspecified atom stereocenters. The zero-order valence-corrected chi connectivity index (χ0v) is 5.12. The number of aliphatic hydroxyl groups excluding tert-OH is 1. The number of hydrogen-bond donors (Lipinski definition) is 1. The average molecular weight is 130 g/mol. The van der Waals surface area contributed by atoms with Crippen LogP contribution in [0.2, 0.25) is 0 Å². The molecule has 0 aromatic carbocycles. The van der Waals surface area contributed by atoms with Crippen LogP contribution in [0, 0.1) is 0 Å². The van der Waals surface area contributed by atoms with Gasteiger partial charge in [-0.15, -0.1) is 6.58 Å². The summed E-state index contributed by atoms with van der Waals surface area (Å²) in [6.07, 6.45) is 1.37. The Labute approximate surface area is 53.9 Å². The van der Waals surface area contributed by atoms with Crippen molar-refractivity contribution < 1.29 is 14.6 Å². The van der Waals surface area contributed by atoms with Crippen LogP contribution in [0.3, 0.4) is 0 Å². The predicted molar refractivity (Wildman–Crippen MR) is 31.6 cm³/mol. The second kappa shape index (κ2) is 2.96. The fourth-order valence-corrected chi connectivity index (χ4v) is 0.735. The molecule has 9 heavy (non-hydrogen) atoms. The quantitative estimate of drug-likeness (QED) is 0.545. The van der Waals surface area contributed by atoms with Gasteiger partial charge in [-0.05, 0) is 6.42 Å². The van der Waals surface area contributed by atoms with Gasteiger partial charge in [-0.25, -0.2) is 0 Å². The summed E-state index contributed by atoms with van der Waals surface area (Å²) < 4.78 is 9.67. The smallest absolute Gasteiger partial charge is 0.184 e. The van der Waals surface area contributed by atoms with E-state index in [9.17, 15) is 0 Å². The van der Waals surface area contributed by atoms with E-state index in [4.69, 9.17) is 14.6 Å². The second-order valence-corrected chi connectivity index (χ2v) is 1.90. The number of rotatable bonds is 2. The van der Waals surface area contributed by atoms with Gasteiger partial charge in [0, 0.05) is 0 Å². The molecule has 0 spiro atoms. The molecule has 1 aliphatic heterocycles. The lowest BCUT2D eigenvalue weighted by Crippen LogP contribution is -2.20. The third-order valence-corrected chi connectivity index (χ3v) is 1.24. The third kappa shape index (κ3) is 1.51. The highest BCUT2D eigenvalue weighted by atomic mass is 16.8. The molecule has 0 saturated carbocycles. The Balaban J connectivity index is 2.30. The van der Waals surface area contributed by atoms with Crippen molar-refractivity contribution in [1.82, 2.24) is 0 Å². The lowest BCUT2D eigenvalue weighted by Gasteiger charge is -2.06. The van der Waals surface area contributed by atoms with Gasteiger partial charge >= 0.3 is 0 Å². The highest BCUT2D eigenvalue weighted by Gasteiger charge is 2.25. The maximum absolute atomic E-state index is 8.93. The van der Waals surface area contributed by atoms with Crippen LogP contribution in [0.1, 0.15) is 6.42 Å². The molecule has 0 radical (unpaired) electrons. The Bertz CT molecular complexity index is 102. The molecule has 0 amide bonds. The number of ether oxygens (including phenoxy) is 2. The molecule has 1 fully saturated rings. The van der Waals surface area contributed by atoms with Gasteiger partial charge in [-0.3, -0.25) is 0 Å². The van der Waals surface area contributed by atoms with Crippen molar-refractivity contribution in [2.75, 3.05) is 6.79 Å². The van der Waals surface area contributed by atoms with Gasteiger partial charge in [0.1, 0.15) is 6.10 Å². The van der Waals surface area contributed by atoms with Crippen LogP contribution in [0.5, 0.6) is 0 Å². The van der Waals surface area contributed by atoms with Crippen molar-refractivity contribution in [2.24, 2.45) is 0 Å². The lowest BCUT2D eigenvalue weighted by atomic mass is 10.2. The molecule has 52 valence electrons. The fraction of sp³-hybridized carbons (Fsp3) is 0.667. The minimum atomic E-state index is -0.761. The van der Waals surface area contributed by atoms with Crippen molar-refractivity contribution in [3.05, 3.63) is 12.7 Å². The van der Waals surface area contributed by atoms with Gasteiger partial charge < -0.3 is 14.6 Å². The summed E-state index contributed by atoms with van der Waals surface area (Å²) in [5.74, 6) is 0. The summed E-state index contributed by atoms with van der Waals surface area (Å²) in [6.45, 7) is 3.71. The molecule has 1 rings (SSSR count). The van der Waals surface area contributed by atoms with Crippen LogP contribution in [0.4, 0.5) is 0 Å². The molecule has 1 aliphatic rings. The Morgan fingerprint density at radius 2 is 2.44 bits per heavy atom. The van der Waals surface area contributed by atoms with Crippen LogP contribution in [-0.2, 0) is 9.47 Å². The first-order valence-electron chi connectivity index (χ1n) is 2.87. The molecule has 2 atom stereocenters. The molecule has 1 N–H and O–H groups in total. The first kappa shape index (κ1) is 6.74. The standard InChI is InChI=1S/C6H10O3/c1-2-3-5-6(7)9-4-8-5/h2,5-7H,1,3-4H2. The van der Waals surface area contributed by atoms with Gasteiger partial charge in [0.05, 0.1) is 0 Å². The molecule has 0 bridgehead atoms. The van der Waals surface area contributed by atoms with E-state index in [0.717, 1.165) is 0 Å². The molecule has 3 heteroatoms. The van der Waals surface area contributed by atoms with E-state index in [-0.39, 0.29) is 12.9 Å². The summed E-state index contributed by atoms with van der Waals surface area (Å²) >= 11 is 0. The third-order valence-electron chi connectivity index (χ3n) is 1.24. The summed E-state index contributed by atoms with van der Waals surface area (Å²) in [7, 11) is 0. The van der Waals surface area contributed by atoms with E-state index in [1.807, 2.05) is 0 Å². The molecular formula is C6H10O3.